The van der Waals surface area contributed by atoms with Crippen LogP contribution >= 0.6 is 11.8 Å². The van der Waals surface area contributed by atoms with E-state index in [2.05, 4.69) is 4.98 Å². The lowest BCUT2D eigenvalue weighted by Gasteiger charge is -2.47. The second-order valence-corrected chi connectivity index (χ2v) is 8.53. The van der Waals surface area contributed by atoms with E-state index in [1.807, 2.05) is 16.3 Å². The van der Waals surface area contributed by atoms with E-state index < -0.39 is 24.0 Å². The summed E-state index contributed by atoms with van der Waals surface area (Å²) in [6.07, 6.45) is 2.88. The highest BCUT2D eigenvalue weighted by atomic mass is 32.2. The van der Waals surface area contributed by atoms with Crippen LogP contribution in [0, 0.1) is 11.8 Å². The molecule has 0 bridgehead atoms. The fourth-order valence-corrected chi connectivity index (χ4v) is 5.80. The summed E-state index contributed by atoms with van der Waals surface area (Å²) in [4.78, 5) is 41.7. The van der Waals surface area contributed by atoms with Crippen LogP contribution in [0.15, 0.2) is 23.3 Å². The second kappa shape index (κ2) is 6.36. The number of aliphatic carboxylic acids is 1. The minimum atomic E-state index is -1.34. The molecule has 1 aromatic rings. The van der Waals surface area contributed by atoms with Crippen LogP contribution in [0.4, 0.5) is 0 Å². The fourth-order valence-electron chi connectivity index (χ4n) is 4.34. The second-order valence-electron chi connectivity index (χ2n) is 7.19. The topological polar surface area (TPSA) is 108 Å². The number of carbonyl (C=O) groups is 3. The molecule has 1 amide bonds. The summed E-state index contributed by atoms with van der Waals surface area (Å²) in [5.74, 6) is -2.82. The van der Waals surface area contributed by atoms with Crippen LogP contribution in [0.2, 0.25) is 0 Å². The summed E-state index contributed by atoms with van der Waals surface area (Å²) in [5.41, 5.74) is -0.0338. The maximum atomic E-state index is 12.6. The molecule has 4 heterocycles. The number of amides is 1. The molecule has 4 atom stereocenters. The maximum absolute atomic E-state index is 12.6. The number of thioether (sulfide) groups is 1. The minimum absolute atomic E-state index is 0.0338. The molecule has 4 rings (SSSR count). The van der Waals surface area contributed by atoms with Gasteiger partial charge < -0.3 is 19.5 Å². The molecule has 1 saturated heterocycles. The molecule has 9 nitrogen and oxygen atoms in total. The third-order valence-electron chi connectivity index (χ3n) is 5.44. The third-order valence-corrected chi connectivity index (χ3v) is 6.90. The Morgan fingerprint density at radius 3 is 2.85 bits per heavy atom. The van der Waals surface area contributed by atoms with Crippen LogP contribution in [-0.2, 0) is 32.2 Å². The molecular formula is C17H20N4O5S. The van der Waals surface area contributed by atoms with Gasteiger partial charge in [0, 0.05) is 17.7 Å². The summed E-state index contributed by atoms with van der Waals surface area (Å²) < 4.78 is 9.14. The Labute approximate surface area is 160 Å². The predicted octanol–water partition coefficient (Wildman–Crippen LogP) is -1.32. The molecule has 0 unspecified atom stereocenters. The number of esters is 1. The number of β-lactam (4-membered cyclic amide) rings is 1. The van der Waals surface area contributed by atoms with E-state index in [0.717, 1.165) is 0 Å². The van der Waals surface area contributed by atoms with Gasteiger partial charge in [-0.05, 0) is 11.9 Å². The van der Waals surface area contributed by atoms with Gasteiger partial charge in [0.25, 0.3) is 0 Å². The van der Waals surface area contributed by atoms with Gasteiger partial charge in [-0.25, -0.2) is 0 Å². The molecule has 3 aliphatic heterocycles. The van der Waals surface area contributed by atoms with E-state index in [1.54, 1.807) is 19.6 Å². The number of hydrogen-bond donors (Lipinski definition) is 0. The molecule has 10 heteroatoms. The molecule has 0 saturated carbocycles. The van der Waals surface area contributed by atoms with Gasteiger partial charge in [-0.15, -0.1) is 11.8 Å². The van der Waals surface area contributed by atoms with E-state index in [4.69, 9.17) is 4.74 Å². The zero-order chi connectivity index (χ0) is 19.5. The molecule has 144 valence electrons. The number of ether oxygens (including phenoxy) is 1. The van der Waals surface area contributed by atoms with E-state index in [-0.39, 0.29) is 28.8 Å². The zero-order valence-corrected chi connectivity index (χ0v) is 16.0. The lowest BCUT2D eigenvalue weighted by molar-refractivity contribution is -0.758. The smallest absolute Gasteiger partial charge is 0.306 e. The van der Waals surface area contributed by atoms with Crippen molar-refractivity contribution >= 4 is 29.6 Å². The van der Waals surface area contributed by atoms with Gasteiger partial charge in [0.1, 0.15) is 12.6 Å². The lowest BCUT2D eigenvalue weighted by Crippen LogP contribution is -2.64. The molecule has 0 spiro atoms. The van der Waals surface area contributed by atoms with Gasteiger partial charge in [-0.2, -0.15) is 9.36 Å². The molecule has 0 aromatic carbocycles. The largest absolute Gasteiger partial charge is 0.543 e. The summed E-state index contributed by atoms with van der Waals surface area (Å²) in [5, 5.41) is 12.0. The summed E-state index contributed by atoms with van der Waals surface area (Å²) >= 11 is 1.49. The highest BCUT2D eigenvalue weighted by molar-refractivity contribution is 8.03. The Kier molecular flexibility index (Phi) is 4.25. The first-order valence-corrected chi connectivity index (χ1v) is 9.70. The van der Waals surface area contributed by atoms with Gasteiger partial charge in [-0.1, -0.05) is 6.92 Å². The first-order chi connectivity index (χ1) is 12.8. The monoisotopic (exact) mass is 392 g/mol. The number of rotatable bonds is 5. The number of nitrogens with zero attached hydrogens (tertiary/aromatic N) is 4. The molecular weight excluding hydrogens is 372 g/mol. The van der Waals surface area contributed by atoms with Crippen molar-refractivity contribution in [3.05, 3.63) is 23.3 Å². The van der Waals surface area contributed by atoms with E-state index in [9.17, 15) is 19.5 Å². The fraction of sp³-hybridized carbons (Fsp3) is 0.588. The van der Waals surface area contributed by atoms with Crippen molar-refractivity contribution in [3.8, 4) is 0 Å². The standard InChI is InChI=1S/C17H20N4O5S/c1-8-13-12(9(2)26-10(3)22)16(23)21(13)14(17(24)25)15(8)27-11-4-19-6-18-7-20(19)5-11/h6-9,11-13H,4-5H2,1-3H3/t8-,9-,12-,13-/m1/s1. The molecule has 3 aliphatic rings. The number of fused-ring (bicyclic) bond motifs is 2. The van der Waals surface area contributed by atoms with Gasteiger partial charge in [0.2, 0.25) is 12.2 Å². The molecule has 0 radical (unpaired) electrons. The Balaban J connectivity index is 1.56. The van der Waals surface area contributed by atoms with Gasteiger partial charge in [-0.3, -0.25) is 9.59 Å². The highest BCUT2D eigenvalue weighted by Crippen LogP contribution is 2.51. The first-order valence-electron chi connectivity index (χ1n) is 8.82. The molecule has 1 fully saturated rings. The van der Waals surface area contributed by atoms with Gasteiger partial charge >= 0.3 is 12.3 Å². The van der Waals surface area contributed by atoms with Crippen LogP contribution < -0.4 is 9.79 Å². The van der Waals surface area contributed by atoms with Crippen LogP contribution in [0.5, 0.6) is 0 Å². The van der Waals surface area contributed by atoms with E-state index in [1.165, 1.54) is 23.6 Å². The van der Waals surface area contributed by atoms with Crippen molar-refractivity contribution < 1.29 is 28.9 Å². The summed E-state index contributed by atoms with van der Waals surface area (Å²) in [7, 11) is 0. The maximum Gasteiger partial charge on any atom is 0.306 e. The first kappa shape index (κ1) is 18.0. The van der Waals surface area contributed by atoms with Crippen molar-refractivity contribution in [2.45, 2.75) is 51.3 Å². The zero-order valence-electron chi connectivity index (χ0n) is 15.2. The van der Waals surface area contributed by atoms with Crippen LogP contribution in [-0.4, -0.2) is 49.8 Å². The number of carbonyl (C=O) groups excluding carboxylic acids is 3. The number of carboxylic acids is 1. The minimum Gasteiger partial charge on any atom is -0.543 e. The lowest BCUT2D eigenvalue weighted by atomic mass is 9.79. The Bertz CT molecular complexity index is 845. The summed E-state index contributed by atoms with van der Waals surface area (Å²) in [6.45, 7) is 6.31. The average Bonchev–Trinajstić information content (AvgIpc) is 3.20. The summed E-state index contributed by atoms with van der Waals surface area (Å²) in [6, 6.07) is -0.322. The third kappa shape index (κ3) is 2.73. The van der Waals surface area contributed by atoms with Gasteiger partial charge in [0.05, 0.1) is 35.4 Å². The number of aromatic nitrogens is 3. The number of hydrogen-bond acceptors (Lipinski definition) is 7. The quantitative estimate of drug-likeness (QED) is 0.347. The normalized spacial score (nSPS) is 30.0. The molecule has 27 heavy (non-hydrogen) atoms. The van der Waals surface area contributed by atoms with Crippen molar-refractivity contribution in [2.75, 3.05) is 0 Å². The van der Waals surface area contributed by atoms with Crippen LogP contribution in [0.1, 0.15) is 20.8 Å². The Morgan fingerprint density at radius 1 is 1.48 bits per heavy atom. The predicted molar refractivity (Wildman–Crippen MR) is 90.4 cm³/mol. The van der Waals surface area contributed by atoms with E-state index >= 15 is 0 Å². The van der Waals surface area contributed by atoms with Crippen LogP contribution in [0.25, 0.3) is 0 Å². The van der Waals surface area contributed by atoms with Crippen molar-refractivity contribution in [1.29, 1.82) is 0 Å². The average molecular weight is 392 g/mol. The molecule has 1 aromatic heterocycles. The van der Waals surface area contributed by atoms with Crippen molar-refractivity contribution in [2.24, 2.45) is 11.8 Å². The Morgan fingerprint density at radius 2 is 2.22 bits per heavy atom. The highest BCUT2D eigenvalue weighted by Gasteiger charge is 2.60. The van der Waals surface area contributed by atoms with E-state index in [0.29, 0.717) is 18.0 Å². The molecule has 0 aliphatic carbocycles. The van der Waals surface area contributed by atoms with Crippen LogP contribution in [0.3, 0.4) is 0 Å². The molecule has 0 N–H and O–H groups in total. The van der Waals surface area contributed by atoms with Crippen molar-refractivity contribution in [3.63, 3.8) is 0 Å². The van der Waals surface area contributed by atoms with Gasteiger partial charge in [0.15, 0.2) is 0 Å². The SMILES string of the molecule is CC(=O)O[C@H](C)[C@H]1C(=O)N2C(C(=O)[O-])=C(SC3Cn4cnc[n+]4C3)[C@H](C)[C@H]12. The Hall–Kier alpha value is -2.36. The van der Waals surface area contributed by atoms with Crippen molar-refractivity contribution in [1.82, 2.24) is 14.6 Å². The number of carboxylic acid groups (broad SMARTS) is 1.